The van der Waals surface area contributed by atoms with Gasteiger partial charge in [0.25, 0.3) is 0 Å². The molecule has 0 saturated carbocycles. The Balaban J connectivity index is 4.92. The predicted octanol–water partition coefficient (Wildman–Crippen LogP) is -3.78. The van der Waals surface area contributed by atoms with Crippen LogP contribution in [0.25, 0.3) is 0 Å². The molecular weight excluding hydrogens is 356 g/mol. The summed E-state index contributed by atoms with van der Waals surface area (Å²) < 4.78 is 0. The fraction of sp³-hybridized carbons (Fsp3) is 0.692. The number of amides is 3. The van der Waals surface area contributed by atoms with Crippen LogP contribution in [0, 0.1) is 0 Å². The lowest BCUT2D eigenvalue weighted by atomic mass is 10.1. The molecule has 8 N–H and O–H groups in total. The third-order valence-corrected chi connectivity index (χ3v) is 3.70. The third-order valence-electron chi connectivity index (χ3n) is 3.06. The molecule has 0 aliphatic heterocycles. The van der Waals surface area contributed by atoms with Gasteiger partial charge in [0.15, 0.2) is 0 Å². The number of hydrogen-bond donors (Lipinski definition) is 7. The lowest BCUT2D eigenvalue weighted by Gasteiger charge is -2.22. The third kappa shape index (κ3) is 8.67. The van der Waals surface area contributed by atoms with Crippen molar-refractivity contribution >= 4 is 35.5 Å². The molecule has 25 heavy (non-hydrogen) atoms. The van der Waals surface area contributed by atoms with Crippen LogP contribution in [0.15, 0.2) is 0 Å². The molecule has 0 aromatic carbocycles. The Kier molecular flexibility index (Phi) is 11.5. The van der Waals surface area contributed by atoms with Crippen molar-refractivity contribution in [2.45, 2.75) is 24.5 Å². The smallest absolute Gasteiger partial charge is 0.328 e. The molecule has 144 valence electrons. The van der Waals surface area contributed by atoms with Crippen molar-refractivity contribution < 1.29 is 34.5 Å². The number of carbonyl (C=O) groups is 4. The Morgan fingerprint density at radius 2 is 1.48 bits per heavy atom. The maximum Gasteiger partial charge on any atom is 0.328 e. The number of hydrogen-bond acceptors (Lipinski definition) is 8. The lowest BCUT2D eigenvalue weighted by molar-refractivity contribution is -0.143. The van der Waals surface area contributed by atoms with Crippen molar-refractivity contribution in [2.24, 2.45) is 5.73 Å². The van der Waals surface area contributed by atoms with Crippen molar-refractivity contribution in [3.63, 3.8) is 0 Å². The summed E-state index contributed by atoms with van der Waals surface area (Å²) in [5.41, 5.74) is 5.19. The molecule has 0 aromatic heterocycles. The first-order valence-electron chi connectivity index (χ1n) is 7.34. The second-order valence-electron chi connectivity index (χ2n) is 4.93. The number of carboxylic acid groups (broad SMARTS) is 1. The molecule has 0 spiro atoms. The first kappa shape index (κ1) is 23.1. The molecule has 0 bridgehead atoms. The molecule has 0 aromatic rings. The lowest BCUT2D eigenvalue weighted by Crippen LogP contribution is -2.57. The van der Waals surface area contributed by atoms with Crippen molar-refractivity contribution in [3.05, 3.63) is 0 Å². The van der Waals surface area contributed by atoms with E-state index in [0.717, 1.165) is 0 Å². The van der Waals surface area contributed by atoms with Crippen LogP contribution >= 0.6 is 11.8 Å². The summed E-state index contributed by atoms with van der Waals surface area (Å²) in [6, 6.07) is -3.96. The molecular formula is C13H24N4O7S. The van der Waals surface area contributed by atoms with E-state index in [2.05, 4.69) is 10.6 Å². The van der Waals surface area contributed by atoms with Crippen LogP contribution < -0.4 is 21.7 Å². The number of rotatable bonds is 12. The van der Waals surface area contributed by atoms with Gasteiger partial charge in [-0.05, 0) is 18.4 Å². The van der Waals surface area contributed by atoms with Crippen LogP contribution in [-0.4, -0.2) is 88.9 Å². The van der Waals surface area contributed by atoms with Crippen LogP contribution in [0.2, 0.25) is 0 Å². The predicted molar refractivity (Wildman–Crippen MR) is 89.7 cm³/mol. The van der Waals surface area contributed by atoms with Gasteiger partial charge in [-0.2, -0.15) is 11.8 Å². The van der Waals surface area contributed by atoms with Gasteiger partial charge in [-0.25, -0.2) is 4.79 Å². The summed E-state index contributed by atoms with van der Waals surface area (Å²) in [6.45, 7) is -1.96. The van der Waals surface area contributed by atoms with Gasteiger partial charge in [-0.1, -0.05) is 0 Å². The fourth-order valence-corrected chi connectivity index (χ4v) is 2.15. The quantitative estimate of drug-likeness (QED) is 0.178. The number of aliphatic hydroxyl groups is 2. The standard InChI is InChI=1S/C13H24N4O7S/c1-25-3-2-7(15-10(20)4-14)11(21)16-8(5-18)12(22)17-9(6-19)13(23)24/h7-9,18-19H,2-6,14H2,1H3,(H,15,20)(H,16,21)(H,17,22)(H,23,24). The summed E-state index contributed by atoms with van der Waals surface area (Å²) in [4.78, 5) is 46.3. The Bertz CT molecular complexity index is 477. The van der Waals surface area contributed by atoms with E-state index in [1.165, 1.54) is 11.8 Å². The van der Waals surface area contributed by atoms with Crippen LogP contribution in [-0.2, 0) is 19.2 Å². The highest BCUT2D eigenvalue weighted by Gasteiger charge is 2.28. The van der Waals surface area contributed by atoms with Crippen LogP contribution in [0.1, 0.15) is 6.42 Å². The minimum atomic E-state index is -1.57. The molecule has 0 aliphatic rings. The number of carboxylic acids is 1. The average Bonchev–Trinajstić information content (AvgIpc) is 2.59. The second-order valence-corrected chi connectivity index (χ2v) is 5.92. The average molecular weight is 380 g/mol. The highest BCUT2D eigenvalue weighted by molar-refractivity contribution is 7.98. The molecule has 0 fully saturated rings. The van der Waals surface area contributed by atoms with E-state index in [9.17, 15) is 24.3 Å². The highest BCUT2D eigenvalue weighted by atomic mass is 32.2. The minimum absolute atomic E-state index is 0.271. The molecule has 3 amide bonds. The maximum absolute atomic E-state index is 12.2. The fourth-order valence-electron chi connectivity index (χ4n) is 1.68. The van der Waals surface area contributed by atoms with E-state index in [-0.39, 0.29) is 13.0 Å². The molecule has 0 rings (SSSR count). The van der Waals surface area contributed by atoms with Crippen LogP contribution in [0.5, 0.6) is 0 Å². The van der Waals surface area contributed by atoms with Crippen molar-refractivity contribution in [1.29, 1.82) is 0 Å². The Morgan fingerprint density at radius 1 is 0.960 bits per heavy atom. The van der Waals surface area contributed by atoms with E-state index >= 15 is 0 Å². The zero-order chi connectivity index (χ0) is 19.4. The van der Waals surface area contributed by atoms with Crippen molar-refractivity contribution in [2.75, 3.05) is 31.8 Å². The van der Waals surface area contributed by atoms with E-state index in [1.54, 1.807) is 0 Å². The molecule has 0 aliphatic carbocycles. The van der Waals surface area contributed by atoms with E-state index in [0.29, 0.717) is 5.75 Å². The number of aliphatic carboxylic acids is 1. The zero-order valence-corrected chi connectivity index (χ0v) is 14.5. The summed E-state index contributed by atoms with van der Waals surface area (Å²) >= 11 is 1.44. The maximum atomic E-state index is 12.2. The molecule has 3 atom stereocenters. The molecule has 0 saturated heterocycles. The molecule has 12 heteroatoms. The number of aliphatic hydroxyl groups excluding tert-OH is 2. The molecule has 0 heterocycles. The Hall–Kier alpha value is -1.89. The van der Waals surface area contributed by atoms with Crippen molar-refractivity contribution in [3.8, 4) is 0 Å². The first-order chi connectivity index (χ1) is 11.8. The van der Waals surface area contributed by atoms with Gasteiger partial charge in [0.1, 0.15) is 18.1 Å². The minimum Gasteiger partial charge on any atom is -0.480 e. The Morgan fingerprint density at radius 3 is 1.92 bits per heavy atom. The van der Waals surface area contributed by atoms with Gasteiger partial charge in [0, 0.05) is 0 Å². The number of thioether (sulfide) groups is 1. The summed E-state index contributed by atoms with van der Waals surface area (Å²) in [7, 11) is 0. The van der Waals surface area contributed by atoms with Gasteiger partial charge in [0.05, 0.1) is 19.8 Å². The van der Waals surface area contributed by atoms with Gasteiger partial charge >= 0.3 is 5.97 Å². The van der Waals surface area contributed by atoms with Gasteiger partial charge in [0.2, 0.25) is 17.7 Å². The van der Waals surface area contributed by atoms with E-state index < -0.39 is 55.0 Å². The van der Waals surface area contributed by atoms with Gasteiger partial charge in [-0.15, -0.1) is 0 Å². The largest absolute Gasteiger partial charge is 0.480 e. The summed E-state index contributed by atoms with van der Waals surface area (Å²) in [5, 5.41) is 33.5. The molecule has 11 nitrogen and oxygen atoms in total. The monoisotopic (exact) mass is 380 g/mol. The Labute approximate surface area is 148 Å². The normalized spacial score (nSPS) is 14.1. The van der Waals surface area contributed by atoms with Crippen LogP contribution in [0.4, 0.5) is 0 Å². The zero-order valence-electron chi connectivity index (χ0n) is 13.7. The number of carbonyl (C=O) groups excluding carboxylic acids is 3. The molecule has 3 unspecified atom stereocenters. The molecule has 0 radical (unpaired) electrons. The number of nitrogens with one attached hydrogen (secondary N) is 3. The topological polar surface area (TPSA) is 191 Å². The first-order valence-corrected chi connectivity index (χ1v) is 8.73. The van der Waals surface area contributed by atoms with E-state index in [1.807, 2.05) is 11.6 Å². The van der Waals surface area contributed by atoms with Gasteiger partial charge < -0.3 is 37.0 Å². The summed E-state index contributed by atoms with van der Waals surface area (Å²) in [6.07, 6.45) is 2.08. The highest BCUT2D eigenvalue weighted by Crippen LogP contribution is 2.02. The van der Waals surface area contributed by atoms with Crippen LogP contribution in [0.3, 0.4) is 0 Å². The van der Waals surface area contributed by atoms with Gasteiger partial charge in [-0.3, -0.25) is 14.4 Å². The van der Waals surface area contributed by atoms with Crippen molar-refractivity contribution in [1.82, 2.24) is 16.0 Å². The SMILES string of the molecule is CSCCC(NC(=O)CN)C(=O)NC(CO)C(=O)NC(CO)C(=O)O. The second kappa shape index (κ2) is 12.5. The van der Waals surface area contributed by atoms with E-state index in [4.69, 9.17) is 15.9 Å². The summed E-state index contributed by atoms with van der Waals surface area (Å²) in [5.74, 6) is -3.18. The number of nitrogens with two attached hydrogens (primary N) is 1.